The van der Waals surface area contributed by atoms with Gasteiger partial charge < -0.3 is 73.6 Å². The number of carbonyl (C=O) groups is 1. The van der Waals surface area contributed by atoms with E-state index in [-0.39, 0.29) is 0 Å². The van der Waals surface area contributed by atoms with Crippen LogP contribution >= 0.6 is 0 Å². The average molecular weight is 683 g/mol. The molecule has 2 fully saturated rings. The van der Waals surface area contributed by atoms with Crippen LogP contribution in [0, 0.1) is 11.8 Å². The highest BCUT2D eigenvalue weighted by Gasteiger charge is 2.52. The van der Waals surface area contributed by atoms with Crippen molar-refractivity contribution in [2.24, 2.45) is 11.8 Å². The zero-order chi connectivity index (χ0) is 34.7. The van der Waals surface area contributed by atoms with Crippen molar-refractivity contribution in [3.63, 3.8) is 0 Å². The Hall–Kier alpha value is -3.13. The van der Waals surface area contributed by atoms with Gasteiger partial charge in [-0.25, -0.2) is 4.79 Å². The number of esters is 1. The molecule has 1 aliphatic carbocycles. The van der Waals surface area contributed by atoms with Gasteiger partial charge in [-0.15, -0.1) is 0 Å². The summed E-state index contributed by atoms with van der Waals surface area (Å²) in [5.41, 5.74) is 1.05. The minimum atomic E-state index is -1.68. The molecule has 0 bridgehead atoms. The van der Waals surface area contributed by atoms with E-state index in [0.29, 0.717) is 22.6 Å². The lowest BCUT2D eigenvalue weighted by Gasteiger charge is -2.43. The van der Waals surface area contributed by atoms with Crippen molar-refractivity contribution >= 4 is 12.0 Å². The standard InChI is InChI=1S/C32H42O16/c1-14-29(47-22(35)7-5-15-4-6-18(41-2)20(10-15)42-3)26(38)28(40)31(44-14)45-19-11-16(12-33)23-17(19)8-9-43-30(23)48-32-27(39)25(37)24(36)21(13-34)46-32/h4-11,14,17,19,21,23-34,36-40H,12-13H2,1-3H3/b7-5+/t14-,17-,19+,21+,23+,24+,25-,26-,27+,28+,29-,30-,31-,32-/m0/s1. The van der Waals surface area contributed by atoms with E-state index < -0.39 is 105 Å². The van der Waals surface area contributed by atoms with E-state index in [1.54, 1.807) is 37.3 Å². The molecule has 5 rings (SSSR count). The van der Waals surface area contributed by atoms with E-state index in [4.69, 9.17) is 37.9 Å². The fourth-order valence-electron chi connectivity index (χ4n) is 6.21. The Kier molecular flexibility index (Phi) is 11.8. The van der Waals surface area contributed by atoms with E-state index >= 15 is 0 Å². The van der Waals surface area contributed by atoms with Gasteiger partial charge in [-0.05, 0) is 42.3 Å². The first-order chi connectivity index (χ1) is 23.0. The predicted octanol–water partition coefficient (Wildman–Crippen LogP) is -1.67. The second kappa shape index (κ2) is 15.6. The smallest absolute Gasteiger partial charge is 0.331 e. The van der Waals surface area contributed by atoms with E-state index in [1.807, 2.05) is 0 Å². The molecule has 16 nitrogen and oxygen atoms in total. The lowest BCUT2D eigenvalue weighted by molar-refractivity contribution is -0.341. The summed E-state index contributed by atoms with van der Waals surface area (Å²) >= 11 is 0. The van der Waals surface area contributed by atoms with Gasteiger partial charge in [0.25, 0.3) is 0 Å². The summed E-state index contributed by atoms with van der Waals surface area (Å²) in [5, 5.41) is 72.2. The molecule has 48 heavy (non-hydrogen) atoms. The second-order valence-corrected chi connectivity index (χ2v) is 11.8. The molecular weight excluding hydrogens is 640 g/mol. The van der Waals surface area contributed by atoms with Gasteiger partial charge in [0.1, 0.15) is 36.6 Å². The quantitative estimate of drug-likeness (QED) is 0.0786. The zero-order valence-electron chi connectivity index (χ0n) is 26.4. The molecule has 7 N–H and O–H groups in total. The van der Waals surface area contributed by atoms with Crippen molar-refractivity contribution in [2.75, 3.05) is 27.4 Å². The number of fused-ring (bicyclic) bond motifs is 1. The first kappa shape index (κ1) is 36.2. The van der Waals surface area contributed by atoms with Crippen LogP contribution in [-0.4, -0.2) is 143 Å². The maximum atomic E-state index is 12.6. The maximum Gasteiger partial charge on any atom is 0.331 e. The third kappa shape index (κ3) is 7.39. The molecule has 0 radical (unpaired) electrons. The van der Waals surface area contributed by atoms with Gasteiger partial charge in [-0.1, -0.05) is 12.1 Å². The van der Waals surface area contributed by atoms with Crippen LogP contribution in [0.1, 0.15) is 12.5 Å². The molecule has 3 aliphatic heterocycles. The number of hydrogen-bond acceptors (Lipinski definition) is 16. The summed E-state index contributed by atoms with van der Waals surface area (Å²) in [6.07, 6.45) is -9.11. The van der Waals surface area contributed by atoms with Gasteiger partial charge in [0.05, 0.1) is 51.8 Å². The summed E-state index contributed by atoms with van der Waals surface area (Å²) in [7, 11) is 2.99. The number of rotatable bonds is 11. The molecule has 0 amide bonds. The lowest BCUT2D eigenvalue weighted by Crippen LogP contribution is -2.60. The van der Waals surface area contributed by atoms with Crippen LogP contribution < -0.4 is 9.47 Å². The summed E-state index contributed by atoms with van der Waals surface area (Å²) < 4.78 is 44.7. The number of benzene rings is 1. The average Bonchev–Trinajstić information content (AvgIpc) is 3.46. The van der Waals surface area contributed by atoms with Crippen molar-refractivity contribution < 1.29 is 78.4 Å². The Morgan fingerprint density at radius 1 is 0.875 bits per heavy atom. The van der Waals surface area contributed by atoms with E-state index in [2.05, 4.69) is 0 Å². The van der Waals surface area contributed by atoms with Gasteiger partial charge >= 0.3 is 5.97 Å². The highest BCUT2D eigenvalue weighted by atomic mass is 16.8. The highest BCUT2D eigenvalue weighted by molar-refractivity contribution is 5.87. The normalized spacial score (nSPS) is 39.4. The van der Waals surface area contributed by atoms with Gasteiger partial charge in [0, 0.05) is 12.0 Å². The molecule has 14 atom stereocenters. The van der Waals surface area contributed by atoms with Crippen molar-refractivity contribution in [3.8, 4) is 11.5 Å². The number of aliphatic hydroxyl groups is 7. The Bertz CT molecular complexity index is 1350. The van der Waals surface area contributed by atoms with Crippen LogP contribution in [0.2, 0.25) is 0 Å². The number of aliphatic hydroxyl groups excluding tert-OH is 7. The van der Waals surface area contributed by atoms with Crippen LogP contribution in [0.25, 0.3) is 6.08 Å². The van der Waals surface area contributed by atoms with Crippen LogP contribution in [0.3, 0.4) is 0 Å². The first-order valence-electron chi connectivity index (χ1n) is 15.4. The molecule has 266 valence electrons. The topological polar surface area (TPSA) is 233 Å². The van der Waals surface area contributed by atoms with E-state index in [1.165, 1.54) is 26.6 Å². The summed E-state index contributed by atoms with van der Waals surface area (Å²) in [6, 6.07) is 5.05. The minimum Gasteiger partial charge on any atom is -0.493 e. The lowest BCUT2D eigenvalue weighted by atomic mass is 9.88. The van der Waals surface area contributed by atoms with Crippen LogP contribution in [-0.2, 0) is 33.2 Å². The van der Waals surface area contributed by atoms with Gasteiger partial charge in [-0.3, -0.25) is 0 Å². The SMILES string of the molecule is COc1ccc(/C=C/C(=O)O[C@@H]2[C@@H](O)[C@@H](O)[C@H](O[C@@H]3C=C(CO)[C@H]4[C@H](O[C@@H]5O[C@H](CO)[C@@H](O)[C@H](O)[C@H]5O)OC=C[C@H]43)O[C@H]2C)cc1OC. The fourth-order valence-corrected chi connectivity index (χ4v) is 6.21. The van der Waals surface area contributed by atoms with Crippen LogP contribution in [0.15, 0.2) is 48.3 Å². The number of carbonyl (C=O) groups excluding carboxylic acids is 1. The molecule has 0 unspecified atom stereocenters. The van der Waals surface area contributed by atoms with Crippen molar-refractivity contribution in [2.45, 2.75) is 80.7 Å². The second-order valence-electron chi connectivity index (χ2n) is 11.8. The van der Waals surface area contributed by atoms with Gasteiger partial charge in [0.2, 0.25) is 6.29 Å². The summed E-state index contributed by atoms with van der Waals surface area (Å²) in [6.45, 7) is 0.464. The van der Waals surface area contributed by atoms with E-state index in [0.717, 1.165) is 6.08 Å². The van der Waals surface area contributed by atoms with Gasteiger partial charge in [0.15, 0.2) is 30.2 Å². The fraction of sp³-hybridized carbons (Fsp3) is 0.594. The van der Waals surface area contributed by atoms with Crippen LogP contribution in [0.5, 0.6) is 11.5 Å². The third-order valence-electron chi connectivity index (χ3n) is 8.85. The highest BCUT2D eigenvalue weighted by Crippen LogP contribution is 2.43. The molecule has 1 aromatic rings. The Labute approximate surface area is 275 Å². The number of hydrogen-bond donors (Lipinski definition) is 7. The van der Waals surface area contributed by atoms with Crippen molar-refractivity contribution in [1.82, 2.24) is 0 Å². The molecule has 16 heteroatoms. The molecule has 3 heterocycles. The minimum absolute atomic E-state index is 0.427. The Morgan fingerprint density at radius 3 is 2.27 bits per heavy atom. The monoisotopic (exact) mass is 682 g/mol. The van der Waals surface area contributed by atoms with E-state index in [9.17, 15) is 40.5 Å². The third-order valence-corrected chi connectivity index (χ3v) is 8.85. The Morgan fingerprint density at radius 2 is 1.58 bits per heavy atom. The van der Waals surface area contributed by atoms with Gasteiger partial charge in [-0.2, -0.15) is 0 Å². The zero-order valence-corrected chi connectivity index (χ0v) is 26.4. The van der Waals surface area contributed by atoms with Crippen molar-refractivity contribution in [3.05, 3.63) is 53.8 Å². The van der Waals surface area contributed by atoms with Crippen molar-refractivity contribution in [1.29, 1.82) is 0 Å². The summed E-state index contributed by atoms with van der Waals surface area (Å²) in [5.74, 6) is -1.04. The number of methoxy groups -OCH3 is 2. The molecule has 0 aromatic heterocycles. The first-order valence-corrected chi connectivity index (χ1v) is 15.4. The largest absolute Gasteiger partial charge is 0.493 e. The maximum absolute atomic E-state index is 12.6. The molecule has 0 saturated carbocycles. The number of ether oxygens (including phenoxy) is 8. The predicted molar refractivity (Wildman–Crippen MR) is 161 cm³/mol. The molecule has 0 spiro atoms. The summed E-state index contributed by atoms with van der Waals surface area (Å²) in [4.78, 5) is 12.6. The van der Waals surface area contributed by atoms with Crippen LogP contribution in [0.4, 0.5) is 0 Å². The molecule has 2 saturated heterocycles. The molecule has 1 aromatic carbocycles. The molecule has 4 aliphatic rings. The molecular formula is C32H42O16. The Balaban J connectivity index is 1.21.